The maximum absolute atomic E-state index is 10.8. The first kappa shape index (κ1) is 15.8. The van der Waals surface area contributed by atoms with E-state index in [1.807, 2.05) is 6.07 Å². The highest BCUT2D eigenvalue weighted by Gasteiger charge is 2.17. The molecule has 1 fully saturated rings. The van der Waals surface area contributed by atoms with Gasteiger partial charge in [-0.25, -0.2) is 9.97 Å². The van der Waals surface area contributed by atoms with Crippen LogP contribution in [-0.4, -0.2) is 47.5 Å². The summed E-state index contributed by atoms with van der Waals surface area (Å²) in [6.07, 6.45) is 2.39. The third kappa shape index (κ3) is 3.83. The number of piperazine rings is 1. The van der Waals surface area contributed by atoms with Crippen LogP contribution in [0.1, 0.15) is 0 Å². The SMILES string of the molecule is O=CN1CCN(c2cc(Nc3ccc(Cl)cc3Cl)ncn2)CC1. The Morgan fingerprint density at radius 3 is 2.57 bits per heavy atom. The van der Waals surface area contributed by atoms with Gasteiger partial charge in [-0.15, -0.1) is 0 Å². The van der Waals surface area contributed by atoms with Crippen molar-refractivity contribution in [3.05, 3.63) is 40.6 Å². The van der Waals surface area contributed by atoms with Crippen LogP contribution in [0.5, 0.6) is 0 Å². The minimum absolute atomic E-state index is 0.525. The molecule has 0 atom stereocenters. The van der Waals surface area contributed by atoms with Crippen molar-refractivity contribution in [2.75, 3.05) is 36.4 Å². The summed E-state index contributed by atoms with van der Waals surface area (Å²) in [5.74, 6) is 1.47. The largest absolute Gasteiger partial charge is 0.353 e. The second kappa shape index (κ2) is 7.02. The summed E-state index contributed by atoms with van der Waals surface area (Å²) in [4.78, 5) is 23.2. The Morgan fingerprint density at radius 2 is 1.87 bits per heavy atom. The van der Waals surface area contributed by atoms with Gasteiger partial charge in [0.15, 0.2) is 0 Å². The molecule has 1 aliphatic heterocycles. The number of carbonyl (C=O) groups is 1. The first-order valence-electron chi connectivity index (χ1n) is 7.14. The van der Waals surface area contributed by atoms with Gasteiger partial charge in [0.2, 0.25) is 6.41 Å². The van der Waals surface area contributed by atoms with E-state index in [4.69, 9.17) is 23.2 Å². The van der Waals surface area contributed by atoms with Crippen LogP contribution >= 0.6 is 23.2 Å². The first-order chi connectivity index (χ1) is 11.2. The fraction of sp³-hybridized carbons (Fsp3) is 0.267. The number of aromatic nitrogens is 2. The van der Waals surface area contributed by atoms with E-state index >= 15 is 0 Å². The quantitative estimate of drug-likeness (QED) is 0.858. The van der Waals surface area contributed by atoms with E-state index in [2.05, 4.69) is 20.2 Å². The van der Waals surface area contributed by atoms with Gasteiger partial charge in [-0.2, -0.15) is 0 Å². The van der Waals surface area contributed by atoms with Crippen LogP contribution in [0.25, 0.3) is 0 Å². The Kier molecular flexibility index (Phi) is 4.83. The summed E-state index contributed by atoms with van der Waals surface area (Å²) in [5, 5.41) is 4.27. The number of carbonyl (C=O) groups excluding carboxylic acids is 1. The van der Waals surface area contributed by atoms with Crippen molar-refractivity contribution in [1.29, 1.82) is 0 Å². The van der Waals surface area contributed by atoms with Crippen LogP contribution < -0.4 is 10.2 Å². The summed E-state index contributed by atoms with van der Waals surface area (Å²) >= 11 is 12.1. The molecule has 2 aromatic rings. The van der Waals surface area contributed by atoms with E-state index < -0.39 is 0 Å². The molecule has 120 valence electrons. The van der Waals surface area contributed by atoms with E-state index in [9.17, 15) is 4.79 Å². The number of rotatable bonds is 4. The lowest BCUT2D eigenvalue weighted by Gasteiger charge is -2.33. The highest BCUT2D eigenvalue weighted by Crippen LogP contribution is 2.28. The minimum atomic E-state index is 0.525. The second-order valence-electron chi connectivity index (χ2n) is 5.14. The smallest absolute Gasteiger partial charge is 0.209 e. The van der Waals surface area contributed by atoms with E-state index in [1.54, 1.807) is 23.1 Å². The van der Waals surface area contributed by atoms with Crippen molar-refractivity contribution in [3.63, 3.8) is 0 Å². The third-order valence-electron chi connectivity index (χ3n) is 3.63. The fourth-order valence-corrected chi connectivity index (χ4v) is 2.83. The molecule has 1 N–H and O–H groups in total. The Hall–Kier alpha value is -2.05. The molecule has 1 aliphatic rings. The Morgan fingerprint density at radius 1 is 1.09 bits per heavy atom. The van der Waals surface area contributed by atoms with Crippen molar-refractivity contribution in [3.8, 4) is 0 Å². The van der Waals surface area contributed by atoms with Crippen LogP contribution in [-0.2, 0) is 4.79 Å². The summed E-state index contributed by atoms with van der Waals surface area (Å²) in [7, 11) is 0. The monoisotopic (exact) mass is 351 g/mol. The standard InChI is InChI=1S/C15H15Cl2N5O/c16-11-1-2-13(12(17)7-11)20-14-8-15(19-9-18-14)22-5-3-21(10-23)4-6-22/h1-2,7-10H,3-6H2,(H,18,19,20). The molecule has 1 aromatic heterocycles. The van der Waals surface area contributed by atoms with E-state index in [0.717, 1.165) is 31.0 Å². The molecule has 0 radical (unpaired) electrons. The van der Waals surface area contributed by atoms with Crippen LogP contribution in [0.3, 0.4) is 0 Å². The predicted octanol–water partition coefficient (Wildman–Crippen LogP) is 2.81. The lowest BCUT2D eigenvalue weighted by atomic mass is 10.3. The lowest BCUT2D eigenvalue weighted by Crippen LogP contribution is -2.46. The average molecular weight is 352 g/mol. The molecular formula is C15H15Cl2N5O. The zero-order valence-corrected chi connectivity index (χ0v) is 13.8. The van der Waals surface area contributed by atoms with Crippen LogP contribution in [0.2, 0.25) is 10.0 Å². The number of benzene rings is 1. The van der Waals surface area contributed by atoms with Crippen LogP contribution in [0.4, 0.5) is 17.3 Å². The third-order valence-corrected chi connectivity index (χ3v) is 4.18. The summed E-state index contributed by atoms with van der Waals surface area (Å²) in [6.45, 7) is 2.88. The van der Waals surface area contributed by atoms with Gasteiger partial charge < -0.3 is 15.1 Å². The van der Waals surface area contributed by atoms with E-state index in [-0.39, 0.29) is 0 Å². The van der Waals surface area contributed by atoms with Crippen molar-refractivity contribution >= 4 is 46.9 Å². The molecule has 0 saturated carbocycles. The van der Waals surface area contributed by atoms with Gasteiger partial charge in [-0.3, -0.25) is 4.79 Å². The molecule has 3 rings (SSSR count). The topological polar surface area (TPSA) is 61.4 Å². The van der Waals surface area contributed by atoms with Gasteiger partial charge in [0, 0.05) is 37.3 Å². The minimum Gasteiger partial charge on any atom is -0.353 e. The zero-order valence-electron chi connectivity index (χ0n) is 12.2. The van der Waals surface area contributed by atoms with Crippen LogP contribution in [0.15, 0.2) is 30.6 Å². The molecular weight excluding hydrogens is 337 g/mol. The zero-order chi connectivity index (χ0) is 16.2. The van der Waals surface area contributed by atoms with Gasteiger partial charge >= 0.3 is 0 Å². The molecule has 1 amide bonds. The summed E-state index contributed by atoms with van der Waals surface area (Å²) < 4.78 is 0. The number of nitrogens with one attached hydrogen (secondary N) is 1. The predicted molar refractivity (Wildman–Crippen MR) is 91.6 cm³/mol. The number of halogens is 2. The Bertz CT molecular complexity index is 704. The van der Waals surface area contributed by atoms with Gasteiger partial charge in [-0.05, 0) is 18.2 Å². The lowest BCUT2D eigenvalue weighted by molar-refractivity contribution is -0.118. The van der Waals surface area contributed by atoms with Gasteiger partial charge in [0.05, 0.1) is 10.7 Å². The maximum atomic E-state index is 10.8. The molecule has 6 nitrogen and oxygen atoms in total. The molecule has 1 saturated heterocycles. The van der Waals surface area contributed by atoms with Crippen molar-refractivity contribution in [1.82, 2.24) is 14.9 Å². The average Bonchev–Trinajstić information content (AvgIpc) is 2.58. The highest BCUT2D eigenvalue weighted by atomic mass is 35.5. The second-order valence-corrected chi connectivity index (χ2v) is 5.98. The number of hydrogen-bond donors (Lipinski definition) is 1. The van der Waals surface area contributed by atoms with Crippen LogP contribution in [0, 0.1) is 0 Å². The molecule has 1 aromatic carbocycles. The van der Waals surface area contributed by atoms with Crippen molar-refractivity contribution in [2.45, 2.75) is 0 Å². The van der Waals surface area contributed by atoms with E-state index in [1.165, 1.54) is 6.33 Å². The van der Waals surface area contributed by atoms with E-state index in [0.29, 0.717) is 29.0 Å². The normalized spacial score (nSPS) is 14.7. The van der Waals surface area contributed by atoms with Crippen molar-refractivity contribution in [2.24, 2.45) is 0 Å². The molecule has 23 heavy (non-hydrogen) atoms. The number of hydrogen-bond acceptors (Lipinski definition) is 5. The fourth-order valence-electron chi connectivity index (χ4n) is 2.37. The summed E-state index contributed by atoms with van der Waals surface area (Å²) in [6, 6.07) is 7.10. The maximum Gasteiger partial charge on any atom is 0.209 e. The molecule has 2 heterocycles. The molecule has 0 aliphatic carbocycles. The Balaban J connectivity index is 1.74. The summed E-state index contributed by atoms with van der Waals surface area (Å²) in [5.41, 5.74) is 0.728. The molecule has 0 unspecified atom stereocenters. The number of amides is 1. The molecule has 0 bridgehead atoms. The molecule has 0 spiro atoms. The van der Waals surface area contributed by atoms with Gasteiger partial charge in [0.1, 0.15) is 18.0 Å². The number of anilines is 3. The highest BCUT2D eigenvalue weighted by molar-refractivity contribution is 6.36. The van der Waals surface area contributed by atoms with Gasteiger partial charge in [-0.1, -0.05) is 23.2 Å². The number of nitrogens with zero attached hydrogens (tertiary/aromatic N) is 4. The van der Waals surface area contributed by atoms with Crippen molar-refractivity contribution < 1.29 is 4.79 Å². The Labute approximate surface area is 144 Å². The molecule has 8 heteroatoms. The van der Waals surface area contributed by atoms with Gasteiger partial charge in [0.25, 0.3) is 0 Å². The first-order valence-corrected chi connectivity index (χ1v) is 7.90.